The third kappa shape index (κ3) is 3.93. The molecule has 0 heterocycles. The summed E-state index contributed by atoms with van der Waals surface area (Å²) in [6.45, 7) is -0.754. The maximum atomic E-state index is 10.6. The molecule has 0 aromatic carbocycles. The summed E-state index contributed by atoms with van der Waals surface area (Å²) in [5.74, 6) is 0. The molecule has 0 amide bonds. The van der Waals surface area contributed by atoms with Crippen molar-refractivity contribution in [2.45, 2.75) is 24.4 Å². The maximum absolute atomic E-state index is 10.6. The van der Waals surface area contributed by atoms with Gasteiger partial charge in [0, 0.05) is 0 Å². The Morgan fingerprint density at radius 3 is 1.92 bits per heavy atom. The van der Waals surface area contributed by atoms with Gasteiger partial charge in [-0.3, -0.25) is 0 Å². The molecule has 0 spiro atoms. The van der Waals surface area contributed by atoms with E-state index in [1.807, 2.05) is 0 Å². The fraction of sp³-hybridized carbons (Fsp3) is 0.833. The van der Waals surface area contributed by atoms with Crippen molar-refractivity contribution in [1.82, 2.24) is 0 Å². The number of carbonyl (C=O) groups is 1. The molecule has 0 rings (SSSR count). The number of hydrogen-bond acceptors (Lipinski definition) is 6. The van der Waals surface area contributed by atoms with E-state index in [-0.39, 0.29) is 0 Å². The second-order valence-electron chi connectivity index (χ2n) is 2.54. The van der Waals surface area contributed by atoms with Crippen LogP contribution in [0.25, 0.3) is 0 Å². The Morgan fingerprint density at radius 1 is 1.15 bits per heavy atom. The van der Waals surface area contributed by atoms with Gasteiger partial charge in [-0.15, -0.1) is 0 Å². The van der Waals surface area contributed by atoms with Gasteiger partial charge in [0.2, 0.25) is 0 Å². The van der Waals surface area contributed by atoms with Crippen LogP contribution in [0.2, 0.25) is 0 Å². The zero-order chi connectivity index (χ0) is 10.6. The van der Waals surface area contributed by atoms with Gasteiger partial charge in [-0.2, -0.15) is 0 Å². The summed E-state index contributed by atoms with van der Waals surface area (Å²) in [5.41, 5.74) is 0. The van der Waals surface area contributed by atoms with Crippen molar-refractivity contribution < 1.29 is 55.0 Å². The summed E-state index contributed by atoms with van der Waals surface area (Å²) in [7, 11) is 0. The first-order chi connectivity index (χ1) is 5.91. The molecule has 0 radical (unpaired) electrons. The molecular weight excluding hydrogens is 259 g/mol. The normalized spacial score (nSPS) is 20.3. The topological polar surface area (TPSA) is 118 Å². The van der Waals surface area contributed by atoms with Crippen LogP contribution < -0.4 is 0 Å². The van der Waals surface area contributed by atoms with Gasteiger partial charge < -0.3 is 0 Å². The molecule has 0 saturated heterocycles. The zero-order valence-electron chi connectivity index (χ0n) is 6.66. The van der Waals surface area contributed by atoms with Crippen LogP contribution in [-0.2, 0) is 29.5 Å². The molecule has 0 saturated carbocycles. The second kappa shape index (κ2) is 5.95. The van der Waals surface area contributed by atoms with Crippen LogP contribution in [0.3, 0.4) is 0 Å². The molecule has 4 atom stereocenters. The molecule has 0 aromatic heterocycles. The van der Waals surface area contributed by atoms with Gasteiger partial charge in [0.1, 0.15) is 0 Å². The fourth-order valence-electron chi connectivity index (χ4n) is 0.677. The molecule has 5 N–H and O–H groups in total. The first-order valence-electron chi connectivity index (χ1n) is 3.50. The predicted octanol–water partition coefficient (Wildman–Crippen LogP) is -3.50. The number of hydrogen-bond donors (Lipinski definition) is 5. The number of rotatable bonds is 5. The quantitative estimate of drug-likeness (QED) is 0.354. The Kier molecular flexibility index (Phi) is 6.12. The molecule has 7 heteroatoms. The minimum absolute atomic E-state index is 0.390. The minimum atomic E-state index is -1.77. The van der Waals surface area contributed by atoms with E-state index in [4.69, 9.17) is 25.5 Å². The van der Waals surface area contributed by atoms with Crippen molar-refractivity contribution in [3.8, 4) is 0 Å². The molecule has 0 bridgehead atoms. The summed E-state index contributed by atoms with van der Waals surface area (Å²) in [5, 5.41) is 44.3. The van der Waals surface area contributed by atoms with Crippen molar-refractivity contribution in [1.29, 1.82) is 0 Å². The Bertz CT molecular complexity index is 175. The third-order valence-electron chi connectivity index (χ3n) is 1.52. The van der Waals surface area contributed by atoms with Gasteiger partial charge in [-0.1, -0.05) is 0 Å². The standard InChI is InChI=1S/C6H11O6.Zr/c7-1-3(9)5(11)6(12)4(10)2-8;/h3-7,9-12H,1H2;/t3-,4+,5-,6-;/m1./s1. The predicted molar refractivity (Wildman–Crippen MR) is 36.1 cm³/mol. The Balaban J connectivity index is 4.24. The summed E-state index contributed by atoms with van der Waals surface area (Å²) in [6, 6.07) is 0. The van der Waals surface area contributed by atoms with E-state index in [1.54, 1.807) is 0 Å². The van der Waals surface area contributed by atoms with Crippen molar-refractivity contribution in [2.24, 2.45) is 0 Å². The summed E-state index contributed by atoms with van der Waals surface area (Å²) < 4.78 is -0.635. The van der Waals surface area contributed by atoms with Crippen LogP contribution in [0, 0.1) is 0 Å². The van der Waals surface area contributed by atoms with E-state index >= 15 is 0 Å². The summed E-state index contributed by atoms with van der Waals surface area (Å²) in [6.07, 6.45) is -6.78. The zero-order valence-corrected chi connectivity index (χ0v) is 9.12. The van der Waals surface area contributed by atoms with Crippen LogP contribution >= 0.6 is 0 Å². The van der Waals surface area contributed by atoms with Gasteiger partial charge in [0.15, 0.2) is 0 Å². The van der Waals surface area contributed by atoms with Crippen LogP contribution in [0.1, 0.15) is 0 Å². The van der Waals surface area contributed by atoms with E-state index in [1.165, 1.54) is 0 Å². The van der Waals surface area contributed by atoms with Crippen molar-refractivity contribution >= 4 is 3.49 Å². The average Bonchev–Trinajstić information content (AvgIpc) is 2.12. The second-order valence-corrected chi connectivity index (χ2v) is 3.75. The van der Waals surface area contributed by atoms with E-state index in [9.17, 15) is 4.79 Å². The first-order valence-corrected chi connectivity index (χ1v) is 4.73. The Morgan fingerprint density at radius 2 is 1.62 bits per heavy atom. The van der Waals surface area contributed by atoms with E-state index in [0.717, 1.165) is 0 Å². The fourth-order valence-corrected chi connectivity index (χ4v) is 1.10. The molecule has 0 aromatic rings. The van der Waals surface area contributed by atoms with Crippen LogP contribution in [-0.4, -0.2) is 60.0 Å². The molecule has 0 unspecified atom stereocenters. The number of aliphatic hydroxyl groups is 5. The molecule has 13 heavy (non-hydrogen) atoms. The van der Waals surface area contributed by atoms with Gasteiger partial charge >= 0.3 is 89.6 Å². The number of aliphatic hydroxyl groups excluding tert-OH is 5. The number of carbonyl (C=O) groups excluding carboxylic acids is 1. The van der Waals surface area contributed by atoms with Crippen LogP contribution in [0.4, 0.5) is 0 Å². The van der Waals surface area contributed by atoms with E-state index in [0.29, 0.717) is 24.7 Å². The molecule has 0 aliphatic carbocycles. The van der Waals surface area contributed by atoms with Gasteiger partial charge in [0.05, 0.1) is 0 Å². The monoisotopic (exact) mass is 269 g/mol. The molecule has 0 aliphatic heterocycles. The SMILES string of the molecule is O=[C]([Zr])[C@H](O)[C@@H](O)[C@H](O)[C@H](O)CO. The Hall–Kier alpha value is 0.353. The molecule has 0 aliphatic rings. The van der Waals surface area contributed by atoms with Gasteiger partial charge in [-0.05, 0) is 0 Å². The average molecular weight is 270 g/mol. The van der Waals surface area contributed by atoms with Gasteiger partial charge in [-0.25, -0.2) is 0 Å². The third-order valence-corrected chi connectivity index (χ3v) is 2.25. The van der Waals surface area contributed by atoms with Crippen LogP contribution in [0.5, 0.6) is 0 Å². The first kappa shape index (κ1) is 13.4. The van der Waals surface area contributed by atoms with Crippen molar-refractivity contribution in [3.05, 3.63) is 0 Å². The summed E-state index contributed by atoms with van der Waals surface area (Å²) in [4.78, 5) is 10.6. The van der Waals surface area contributed by atoms with E-state index in [2.05, 4.69) is 0 Å². The van der Waals surface area contributed by atoms with Crippen molar-refractivity contribution in [3.63, 3.8) is 0 Å². The van der Waals surface area contributed by atoms with Crippen LogP contribution in [0.15, 0.2) is 0 Å². The molecule has 75 valence electrons. The van der Waals surface area contributed by atoms with E-state index < -0.39 is 34.5 Å². The van der Waals surface area contributed by atoms with Crippen molar-refractivity contribution in [2.75, 3.05) is 6.61 Å². The molecule has 0 fully saturated rings. The molecular formula is C6H11O6Zr. The molecule has 6 nitrogen and oxygen atoms in total. The van der Waals surface area contributed by atoms with Gasteiger partial charge in [0.25, 0.3) is 0 Å². The summed E-state index contributed by atoms with van der Waals surface area (Å²) >= 11 is 0.390. The Labute approximate surface area is 89.7 Å².